The van der Waals surface area contributed by atoms with Crippen molar-refractivity contribution in [3.05, 3.63) is 46.5 Å². The van der Waals surface area contributed by atoms with Gasteiger partial charge in [-0.05, 0) is 23.5 Å². The third-order valence-corrected chi connectivity index (χ3v) is 4.92. The van der Waals surface area contributed by atoms with Crippen LogP contribution in [0.25, 0.3) is 0 Å². The van der Waals surface area contributed by atoms with Gasteiger partial charge in [0.25, 0.3) is 5.91 Å². The van der Waals surface area contributed by atoms with Crippen LogP contribution in [0.1, 0.15) is 33.9 Å². The van der Waals surface area contributed by atoms with Gasteiger partial charge in [0, 0.05) is 19.6 Å². The average Bonchev–Trinajstić information content (AvgIpc) is 3.12. The summed E-state index contributed by atoms with van der Waals surface area (Å²) in [5, 5.41) is 7.20. The van der Waals surface area contributed by atoms with E-state index in [1.54, 1.807) is 0 Å². The molecule has 0 bridgehead atoms. The van der Waals surface area contributed by atoms with Crippen LogP contribution in [0.5, 0.6) is 0 Å². The van der Waals surface area contributed by atoms with Gasteiger partial charge in [-0.2, -0.15) is 0 Å². The van der Waals surface area contributed by atoms with E-state index in [0.29, 0.717) is 11.3 Å². The normalized spacial score (nSPS) is 16.7. The van der Waals surface area contributed by atoms with E-state index in [9.17, 15) is 4.79 Å². The Morgan fingerprint density at radius 3 is 2.79 bits per heavy atom. The van der Waals surface area contributed by atoms with E-state index in [1.165, 1.54) is 0 Å². The van der Waals surface area contributed by atoms with Gasteiger partial charge in [0.05, 0.1) is 24.9 Å². The molecule has 1 atom stereocenters. The van der Waals surface area contributed by atoms with Crippen LogP contribution in [-0.4, -0.2) is 53.2 Å². The molecule has 7 heteroatoms. The maximum absolute atomic E-state index is 12.7. The third-order valence-electron chi connectivity index (χ3n) is 4.15. The monoisotopic (exact) mass is 346 g/mol. The molecule has 1 aromatic heterocycles. The largest absolute Gasteiger partial charge is 0.379 e. The van der Waals surface area contributed by atoms with Crippen molar-refractivity contribution in [2.45, 2.75) is 19.4 Å². The molecule has 2 heterocycles. The summed E-state index contributed by atoms with van der Waals surface area (Å²) in [6.45, 7) is 6.02. The predicted octanol–water partition coefficient (Wildman–Crippen LogP) is 1.90. The molecule has 3 rings (SSSR count). The lowest BCUT2D eigenvalue weighted by Crippen LogP contribution is -2.43. The maximum atomic E-state index is 12.7. The molecule has 1 aromatic carbocycles. The lowest BCUT2D eigenvalue weighted by atomic mass is 10.1. The molecule has 0 aliphatic carbocycles. The van der Waals surface area contributed by atoms with Gasteiger partial charge in [-0.1, -0.05) is 41.7 Å². The number of amides is 1. The number of carbonyl (C=O) groups excluding carboxylic acids is 1. The quantitative estimate of drug-likeness (QED) is 0.865. The number of carbonyl (C=O) groups is 1. The van der Waals surface area contributed by atoms with Crippen LogP contribution in [0.3, 0.4) is 0 Å². The molecule has 1 aliphatic rings. The summed E-state index contributed by atoms with van der Waals surface area (Å²) in [7, 11) is 0. The van der Waals surface area contributed by atoms with E-state index in [-0.39, 0.29) is 11.9 Å². The van der Waals surface area contributed by atoms with Crippen molar-refractivity contribution in [2.24, 2.45) is 0 Å². The van der Waals surface area contributed by atoms with Gasteiger partial charge >= 0.3 is 0 Å². The summed E-state index contributed by atoms with van der Waals surface area (Å²) in [4.78, 5) is 15.6. The second-order valence-corrected chi connectivity index (χ2v) is 6.51. The van der Waals surface area contributed by atoms with Crippen molar-refractivity contribution in [2.75, 3.05) is 32.8 Å². The molecule has 1 saturated heterocycles. The van der Waals surface area contributed by atoms with Crippen molar-refractivity contribution >= 4 is 17.4 Å². The van der Waals surface area contributed by atoms with Crippen LogP contribution < -0.4 is 5.32 Å². The highest BCUT2D eigenvalue weighted by Gasteiger charge is 2.23. The van der Waals surface area contributed by atoms with E-state index in [1.807, 2.05) is 25.1 Å². The molecular weight excluding hydrogens is 324 g/mol. The van der Waals surface area contributed by atoms with Crippen molar-refractivity contribution in [3.63, 3.8) is 0 Å². The first-order chi connectivity index (χ1) is 11.8. The molecule has 2 aromatic rings. The number of aryl methyl sites for hydroxylation is 1. The first-order valence-electron chi connectivity index (χ1n) is 8.25. The number of nitrogens with one attached hydrogen (secondary N) is 1. The van der Waals surface area contributed by atoms with Crippen molar-refractivity contribution < 1.29 is 9.53 Å². The van der Waals surface area contributed by atoms with Crippen molar-refractivity contribution in [1.82, 2.24) is 19.8 Å². The topological polar surface area (TPSA) is 67.4 Å². The Bertz CT molecular complexity index is 656. The van der Waals surface area contributed by atoms with Gasteiger partial charge in [0.1, 0.15) is 4.88 Å². The van der Waals surface area contributed by atoms with Gasteiger partial charge in [-0.15, -0.1) is 5.10 Å². The van der Waals surface area contributed by atoms with Crippen molar-refractivity contribution in [1.29, 1.82) is 0 Å². The number of hydrogen-bond acceptors (Lipinski definition) is 6. The summed E-state index contributed by atoms with van der Waals surface area (Å²) < 4.78 is 9.33. The van der Waals surface area contributed by atoms with Crippen LogP contribution in [-0.2, 0) is 11.2 Å². The van der Waals surface area contributed by atoms with Crippen molar-refractivity contribution in [3.8, 4) is 0 Å². The Labute approximate surface area is 146 Å². The second-order valence-electron chi connectivity index (χ2n) is 5.75. The Hall–Kier alpha value is -1.83. The standard InChI is InChI=1S/C17H22N4O2S/c1-2-14-16(24-20-19-14)17(22)18-15(13-6-4-3-5-7-13)12-21-8-10-23-11-9-21/h3-7,15H,2,8-12H2,1H3,(H,18,22). The highest BCUT2D eigenvalue weighted by atomic mass is 32.1. The number of morpholine rings is 1. The Kier molecular flexibility index (Phi) is 5.90. The van der Waals surface area contributed by atoms with E-state index >= 15 is 0 Å². The molecule has 1 aliphatic heterocycles. The number of ether oxygens (including phenoxy) is 1. The molecular formula is C17H22N4O2S. The zero-order valence-corrected chi connectivity index (χ0v) is 14.6. The Morgan fingerprint density at radius 1 is 1.33 bits per heavy atom. The van der Waals surface area contributed by atoms with Gasteiger partial charge in [-0.3, -0.25) is 9.69 Å². The Morgan fingerprint density at radius 2 is 2.08 bits per heavy atom. The van der Waals surface area contributed by atoms with E-state index < -0.39 is 0 Å². The molecule has 24 heavy (non-hydrogen) atoms. The van der Waals surface area contributed by atoms with Crippen LogP contribution in [0.2, 0.25) is 0 Å². The number of rotatable bonds is 6. The number of aromatic nitrogens is 2. The summed E-state index contributed by atoms with van der Waals surface area (Å²) >= 11 is 1.16. The summed E-state index contributed by atoms with van der Waals surface area (Å²) in [5.41, 5.74) is 1.86. The highest BCUT2D eigenvalue weighted by Crippen LogP contribution is 2.18. The van der Waals surface area contributed by atoms with Crippen LogP contribution in [0.4, 0.5) is 0 Å². The van der Waals surface area contributed by atoms with Gasteiger partial charge in [0.2, 0.25) is 0 Å². The van der Waals surface area contributed by atoms with Gasteiger partial charge < -0.3 is 10.1 Å². The fourth-order valence-electron chi connectivity index (χ4n) is 2.80. The number of hydrogen-bond donors (Lipinski definition) is 1. The molecule has 0 spiro atoms. The molecule has 6 nitrogen and oxygen atoms in total. The maximum Gasteiger partial charge on any atom is 0.265 e. The molecule has 0 radical (unpaired) electrons. The minimum absolute atomic E-state index is 0.0661. The fraction of sp³-hybridized carbons (Fsp3) is 0.471. The molecule has 1 N–H and O–H groups in total. The van der Waals surface area contributed by atoms with E-state index in [0.717, 1.165) is 55.6 Å². The molecule has 1 amide bonds. The lowest BCUT2D eigenvalue weighted by Gasteiger charge is -2.31. The number of benzene rings is 1. The SMILES string of the molecule is CCc1nnsc1C(=O)NC(CN1CCOCC1)c1ccccc1. The van der Waals surface area contributed by atoms with Gasteiger partial charge in [0.15, 0.2) is 0 Å². The van der Waals surface area contributed by atoms with Crippen LogP contribution in [0, 0.1) is 0 Å². The fourth-order valence-corrected chi connectivity index (χ4v) is 3.45. The van der Waals surface area contributed by atoms with Gasteiger partial charge in [-0.25, -0.2) is 0 Å². The summed E-state index contributed by atoms with van der Waals surface area (Å²) in [6, 6.07) is 10.0. The second kappa shape index (κ2) is 8.32. The van der Waals surface area contributed by atoms with E-state index in [2.05, 4.69) is 31.9 Å². The molecule has 0 saturated carbocycles. The zero-order valence-electron chi connectivity index (χ0n) is 13.8. The lowest BCUT2D eigenvalue weighted by molar-refractivity contribution is 0.0332. The smallest absolute Gasteiger partial charge is 0.265 e. The summed E-state index contributed by atoms with van der Waals surface area (Å²) in [6.07, 6.45) is 0.707. The summed E-state index contributed by atoms with van der Waals surface area (Å²) in [5.74, 6) is -0.0936. The minimum atomic E-state index is -0.0936. The third kappa shape index (κ3) is 4.17. The number of nitrogens with zero attached hydrogens (tertiary/aromatic N) is 3. The average molecular weight is 346 g/mol. The van der Waals surface area contributed by atoms with Crippen LogP contribution >= 0.6 is 11.5 Å². The molecule has 1 unspecified atom stereocenters. The first-order valence-corrected chi connectivity index (χ1v) is 9.02. The van der Waals surface area contributed by atoms with Crippen LogP contribution in [0.15, 0.2) is 30.3 Å². The Balaban J connectivity index is 1.75. The first kappa shape index (κ1) is 17.0. The zero-order chi connectivity index (χ0) is 16.8. The minimum Gasteiger partial charge on any atom is -0.379 e. The predicted molar refractivity (Wildman–Crippen MR) is 93.2 cm³/mol. The van der Waals surface area contributed by atoms with E-state index in [4.69, 9.17) is 4.74 Å². The molecule has 1 fully saturated rings. The molecule has 128 valence electrons. The highest BCUT2D eigenvalue weighted by molar-refractivity contribution is 7.08.